The first-order chi connectivity index (χ1) is 12.9. The summed E-state index contributed by atoms with van der Waals surface area (Å²) in [5, 5.41) is 3.01. The molecule has 2 aromatic rings. The molecule has 1 atom stereocenters. The summed E-state index contributed by atoms with van der Waals surface area (Å²) in [6, 6.07) is 15.0. The van der Waals surface area contributed by atoms with E-state index < -0.39 is 10.0 Å². The summed E-state index contributed by atoms with van der Waals surface area (Å²) < 4.78 is 27.0. The summed E-state index contributed by atoms with van der Waals surface area (Å²) in [4.78, 5) is 12.8. The van der Waals surface area contributed by atoms with E-state index in [0.29, 0.717) is 19.4 Å². The molecule has 0 bridgehead atoms. The molecule has 2 aromatic carbocycles. The van der Waals surface area contributed by atoms with Gasteiger partial charge in [-0.3, -0.25) is 4.79 Å². The topological polar surface area (TPSA) is 66.5 Å². The fraction of sp³-hybridized carbons (Fsp3) is 0.381. The van der Waals surface area contributed by atoms with Crippen molar-refractivity contribution in [3.63, 3.8) is 0 Å². The fourth-order valence-corrected chi connectivity index (χ4v) is 5.13. The van der Waals surface area contributed by atoms with Gasteiger partial charge in [0.05, 0.1) is 11.7 Å². The number of nitrogens with one attached hydrogen (secondary N) is 1. The van der Waals surface area contributed by atoms with Gasteiger partial charge in [-0.05, 0) is 43.4 Å². The Morgan fingerprint density at radius 2 is 1.74 bits per heavy atom. The van der Waals surface area contributed by atoms with Crippen molar-refractivity contribution in [2.24, 2.45) is 5.92 Å². The van der Waals surface area contributed by atoms with Crippen LogP contribution in [0.15, 0.2) is 48.5 Å². The number of sulfonamides is 1. The second kappa shape index (κ2) is 8.23. The van der Waals surface area contributed by atoms with E-state index in [9.17, 15) is 13.2 Å². The number of anilines is 1. The SMILES string of the molecule is Cc1cccc(C)c1NC(=O)C1CCCN(S(=O)(=O)Cc2ccccc2)C1. The molecule has 144 valence electrons. The van der Waals surface area contributed by atoms with E-state index in [1.165, 1.54) is 4.31 Å². The summed E-state index contributed by atoms with van der Waals surface area (Å²) >= 11 is 0. The molecule has 3 rings (SSSR count). The zero-order chi connectivity index (χ0) is 19.4. The predicted octanol–water partition coefficient (Wildman–Crippen LogP) is 3.48. The molecule has 0 aliphatic carbocycles. The molecular weight excluding hydrogens is 360 g/mol. The van der Waals surface area contributed by atoms with Crippen molar-refractivity contribution in [2.45, 2.75) is 32.4 Å². The van der Waals surface area contributed by atoms with Gasteiger partial charge in [0.25, 0.3) is 0 Å². The highest BCUT2D eigenvalue weighted by atomic mass is 32.2. The fourth-order valence-electron chi connectivity index (χ4n) is 3.52. The number of hydrogen-bond acceptors (Lipinski definition) is 3. The second-order valence-corrected chi connectivity index (χ2v) is 9.16. The molecule has 1 N–H and O–H groups in total. The smallest absolute Gasteiger partial charge is 0.228 e. The van der Waals surface area contributed by atoms with Crippen molar-refractivity contribution in [3.8, 4) is 0 Å². The van der Waals surface area contributed by atoms with Crippen LogP contribution in [0.25, 0.3) is 0 Å². The highest BCUT2D eigenvalue weighted by Crippen LogP contribution is 2.25. The van der Waals surface area contributed by atoms with Gasteiger partial charge in [-0.1, -0.05) is 48.5 Å². The van der Waals surface area contributed by atoms with Crippen LogP contribution in [0.3, 0.4) is 0 Å². The lowest BCUT2D eigenvalue weighted by Gasteiger charge is -2.31. The molecule has 5 nitrogen and oxygen atoms in total. The second-order valence-electron chi connectivity index (χ2n) is 7.20. The first-order valence-electron chi connectivity index (χ1n) is 9.25. The monoisotopic (exact) mass is 386 g/mol. The lowest BCUT2D eigenvalue weighted by Crippen LogP contribution is -2.44. The number of carbonyl (C=O) groups excluding carboxylic acids is 1. The molecule has 0 spiro atoms. The third-order valence-corrected chi connectivity index (χ3v) is 6.89. The minimum absolute atomic E-state index is 0.0287. The van der Waals surface area contributed by atoms with Crippen LogP contribution < -0.4 is 5.32 Å². The first-order valence-corrected chi connectivity index (χ1v) is 10.9. The molecule has 1 fully saturated rings. The third kappa shape index (κ3) is 4.76. The zero-order valence-corrected chi connectivity index (χ0v) is 16.6. The average molecular weight is 387 g/mol. The van der Waals surface area contributed by atoms with Crippen LogP contribution >= 0.6 is 0 Å². The molecule has 1 aliphatic rings. The molecule has 0 radical (unpaired) electrons. The molecule has 27 heavy (non-hydrogen) atoms. The van der Waals surface area contributed by atoms with Gasteiger partial charge in [-0.2, -0.15) is 0 Å². The maximum atomic E-state index is 12.8. The van der Waals surface area contributed by atoms with E-state index in [-0.39, 0.29) is 24.1 Å². The molecule has 1 amide bonds. The van der Waals surface area contributed by atoms with Gasteiger partial charge in [-0.15, -0.1) is 0 Å². The van der Waals surface area contributed by atoms with Crippen molar-refractivity contribution < 1.29 is 13.2 Å². The summed E-state index contributed by atoms with van der Waals surface area (Å²) in [6.45, 7) is 4.63. The Hall–Kier alpha value is -2.18. The highest BCUT2D eigenvalue weighted by Gasteiger charge is 2.32. The van der Waals surface area contributed by atoms with E-state index >= 15 is 0 Å². The van der Waals surface area contributed by atoms with Crippen molar-refractivity contribution in [1.29, 1.82) is 0 Å². The molecule has 1 saturated heterocycles. The predicted molar refractivity (Wildman–Crippen MR) is 108 cm³/mol. The normalized spacial score (nSPS) is 18.2. The Balaban J connectivity index is 1.69. The summed E-state index contributed by atoms with van der Waals surface area (Å²) in [5.41, 5.74) is 3.60. The number of hydrogen-bond donors (Lipinski definition) is 1. The van der Waals surface area contributed by atoms with Crippen LogP contribution in [-0.4, -0.2) is 31.7 Å². The number of aryl methyl sites for hydroxylation is 2. The van der Waals surface area contributed by atoms with Gasteiger partial charge in [0.1, 0.15) is 0 Å². The average Bonchev–Trinajstić information content (AvgIpc) is 2.65. The van der Waals surface area contributed by atoms with E-state index in [1.807, 2.05) is 62.4 Å². The van der Waals surface area contributed by atoms with Crippen LogP contribution in [0.1, 0.15) is 29.5 Å². The number of benzene rings is 2. The Morgan fingerprint density at radius 3 is 2.41 bits per heavy atom. The molecule has 1 heterocycles. The minimum Gasteiger partial charge on any atom is -0.325 e. The summed E-state index contributed by atoms with van der Waals surface area (Å²) in [6.07, 6.45) is 1.40. The first kappa shape index (κ1) is 19.6. The highest BCUT2D eigenvalue weighted by molar-refractivity contribution is 7.88. The van der Waals surface area contributed by atoms with E-state index in [4.69, 9.17) is 0 Å². The minimum atomic E-state index is -3.44. The van der Waals surface area contributed by atoms with Crippen LogP contribution in [0.4, 0.5) is 5.69 Å². The van der Waals surface area contributed by atoms with E-state index in [2.05, 4.69) is 5.32 Å². The van der Waals surface area contributed by atoms with Gasteiger partial charge < -0.3 is 5.32 Å². The standard InChI is InChI=1S/C21H26N2O3S/c1-16-8-6-9-17(2)20(16)22-21(24)19-12-7-13-23(14-19)27(25,26)15-18-10-4-3-5-11-18/h3-6,8-11,19H,7,12-15H2,1-2H3,(H,22,24). The van der Waals surface area contributed by atoms with Gasteiger partial charge in [0.15, 0.2) is 0 Å². The largest absolute Gasteiger partial charge is 0.325 e. The Bertz CT molecular complexity index is 890. The van der Waals surface area contributed by atoms with Gasteiger partial charge >= 0.3 is 0 Å². The quantitative estimate of drug-likeness (QED) is 0.855. The van der Waals surface area contributed by atoms with Crippen LogP contribution in [0, 0.1) is 19.8 Å². The van der Waals surface area contributed by atoms with E-state index in [1.54, 1.807) is 0 Å². The van der Waals surface area contributed by atoms with Crippen molar-refractivity contribution in [2.75, 3.05) is 18.4 Å². The summed E-state index contributed by atoms with van der Waals surface area (Å²) in [7, 11) is -3.44. The van der Waals surface area contributed by atoms with Gasteiger partial charge in [0.2, 0.25) is 15.9 Å². The summed E-state index contributed by atoms with van der Waals surface area (Å²) in [5.74, 6) is -0.464. The van der Waals surface area contributed by atoms with Crippen molar-refractivity contribution in [3.05, 3.63) is 65.2 Å². The van der Waals surface area contributed by atoms with E-state index in [0.717, 1.165) is 22.4 Å². The van der Waals surface area contributed by atoms with Gasteiger partial charge in [0, 0.05) is 18.8 Å². The maximum Gasteiger partial charge on any atom is 0.228 e. The number of para-hydroxylation sites is 1. The van der Waals surface area contributed by atoms with Gasteiger partial charge in [-0.25, -0.2) is 12.7 Å². The van der Waals surface area contributed by atoms with Crippen LogP contribution in [-0.2, 0) is 20.6 Å². The van der Waals surface area contributed by atoms with Crippen molar-refractivity contribution >= 4 is 21.6 Å². The maximum absolute atomic E-state index is 12.8. The number of carbonyl (C=O) groups is 1. The molecule has 0 saturated carbocycles. The molecule has 6 heteroatoms. The number of rotatable bonds is 5. The lowest BCUT2D eigenvalue weighted by atomic mass is 9.98. The van der Waals surface area contributed by atoms with Crippen LogP contribution in [0.5, 0.6) is 0 Å². The molecule has 1 unspecified atom stereocenters. The Morgan fingerprint density at radius 1 is 1.07 bits per heavy atom. The zero-order valence-electron chi connectivity index (χ0n) is 15.8. The lowest BCUT2D eigenvalue weighted by molar-refractivity contribution is -0.120. The number of amides is 1. The Kier molecular flexibility index (Phi) is 5.97. The number of piperidine rings is 1. The molecule has 1 aliphatic heterocycles. The van der Waals surface area contributed by atoms with Crippen LogP contribution in [0.2, 0.25) is 0 Å². The Labute approximate surface area is 161 Å². The van der Waals surface area contributed by atoms with Crippen molar-refractivity contribution in [1.82, 2.24) is 4.31 Å². The number of nitrogens with zero attached hydrogens (tertiary/aromatic N) is 1. The molecule has 0 aromatic heterocycles. The molecular formula is C21H26N2O3S. The third-order valence-electron chi connectivity index (χ3n) is 5.07.